The average molecular weight is 209 g/mol. The Kier molecular flexibility index (Phi) is 2.17. The first-order valence-electron chi connectivity index (χ1n) is 4.27. The number of carboxylic acids is 1. The molecule has 3 N–H and O–H groups in total. The minimum atomic E-state index is -1.61. The molecular weight excluding hydrogens is 201 g/mol. The molecule has 4 nitrogen and oxygen atoms in total. The molecule has 0 fully saturated rings. The van der Waals surface area contributed by atoms with Crippen LogP contribution in [0.2, 0.25) is 0 Å². The monoisotopic (exact) mass is 209 g/mol. The van der Waals surface area contributed by atoms with Gasteiger partial charge in [-0.2, -0.15) is 0 Å². The minimum Gasteiger partial charge on any atom is -0.479 e. The number of benzene rings is 1. The molecule has 5 heteroatoms. The smallest absolute Gasteiger partial charge is 0.338 e. The van der Waals surface area contributed by atoms with Gasteiger partial charge in [-0.15, -0.1) is 0 Å². The van der Waals surface area contributed by atoms with E-state index in [4.69, 9.17) is 5.11 Å². The van der Waals surface area contributed by atoms with Crippen LogP contribution >= 0.6 is 0 Å². The largest absolute Gasteiger partial charge is 0.479 e. The van der Waals surface area contributed by atoms with E-state index in [9.17, 15) is 14.3 Å². The lowest BCUT2D eigenvalue weighted by molar-refractivity contribution is -0.147. The Hall–Kier alpha value is -1.88. The van der Waals surface area contributed by atoms with Gasteiger partial charge in [-0.1, -0.05) is 0 Å². The maximum Gasteiger partial charge on any atom is 0.338 e. The zero-order chi connectivity index (χ0) is 11.0. The van der Waals surface area contributed by atoms with E-state index in [-0.39, 0.29) is 5.69 Å². The van der Waals surface area contributed by atoms with Crippen LogP contribution in [0, 0.1) is 5.82 Å². The van der Waals surface area contributed by atoms with Crippen molar-refractivity contribution in [2.24, 2.45) is 0 Å². The Balaban J connectivity index is 2.51. The summed E-state index contributed by atoms with van der Waals surface area (Å²) >= 11 is 0. The molecule has 15 heavy (non-hydrogen) atoms. The maximum absolute atomic E-state index is 12.8. The van der Waals surface area contributed by atoms with Crippen LogP contribution in [-0.4, -0.2) is 21.2 Å². The number of fused-ring (bicyclic) bond motifs is 1. The summed E-state index contributed by atoms with van der Waals surface area (Å²) in [6, 6.07) is 5.51. The van der Waals surface area contributed by atoms with Gasteiger partial charge in [-0.3, -0.25) is 0 Å². The van der Waals surface area contributed by atoms with Crippen molar-refractivity contribution in [1.82, 2.24) is 4.98 Å². The number of H-pyrrole nitrogens is 1. The average Bonchev–Trinajstić information content (AvgIpc) is 2.58. The van der Waals surface area contributed by atoms with Crippen LogP contribution in [0.4, 0.5) is 4.39 Å². The molecule has 1 aromatic carbocycles. The van der Waals surface area contributed by atoms with Crippen molar-refractivity contribution in [1.29, 1.82) is 0 Å². The number of aromatic amines is 1. The first-order chi connectivity index (χ1) is 7.08. The third-order valence-corrected chi connectivity index (χ3v) is 2.13. The van der Waals surface area contributed by atoms with Gasteiger partial charge in [0.05, 0.1) is 5.69 Å². The summed E-state index contributed by atoms with van der Waals surface area (Å²) in [5, 5.41) is 18.5. The van der Waals surface area contributed by atoms with Crippen molar-refractivity contribution in [2.75, 3.05) is 0 Å². The lowest BCUT2D eigenvalue weighted by atomic mass is 10.2. The van der Waals surface area contributed by atoms with Gasteiger partial charge >= 0.3 is 5.97 Å². The second-order valence-electron chi connectivity index (χ2n) is 3.20. The van der Waals surface area contributed by atoms with Crippen LogP contribution in [0.5, 0.6) is 0 Å². The standard InChI is InChI=1S/C10H8FNO3/c11-6-2-1-5-3-8(9(13)10(14)15)12-7(5)4-6/h1-4,9,12-13H,(H,14,15). The number of aliphatic hydroxyl groups excluding tert-OH is 1. The lowest BCUT2D eigenvalue weighted by Crippen LogP contribution is -2.10. The zero-order valence-corrected chi connectivity index (χ0v) is 7.57. The highest BCUT2D eigenvalue weighted by molar-refractivity contribution is 5.83. The molecule has 0 aliphatic heterocycles. The number of aromatic nitrogens is 1. The number of carboxylic acid groups (broad SMARTS) is 1. The molecule has 0 radical (unpaired) electrons. The maximum atomic E-state index is 12.8. The first kappa shape index (κ1) is 9.67. The van der Waals surface area contributed by atoms with Gasteiger partial charge in [-0.25, -0.2) is 9.18 Å². The Morgan fingerprint density at radius 3 is 2.80 bits per heavy atom. The van der Waals surface area contributed by atoms with E-state index in [0.717, 1.165) is 0 Å². The van der Waals surface area contributed by atoms with Crippen LogP contribution in [0.15, 0.2) is 24.3 Å². The van der Waals surface area contributed by atoms with Crippen LogP contribution in [-0.2, 0) is 4.79 Å². The molecule has 1 atom stereocenters. The third-order valence-electron chi connectivity index (χ3n) is 2.13. The molecule has 2 rings (SSSR count). The molecule has 0 amide bonds. The molecule has 1 aromatic heterocycles. The number of aliphatic hydroxyl groups is 1. The zero-order valence-electron chi connectivity index (χ0n) is 7.57. The van der Waals surface area contributed by atoms with Crippen molar-refractivity contribution < 1.29 is 19.4 Å². The molecule has 0 spiro atoms. The number of carbonyl (C=O) groups is 1. The van der Waals surface area contributed by atoms with Gasteiger partial charge < -0.3 is 15.2 Å². The van der Waals surface area contributed by atoms with Gasteiger partial charge in [0, 0.05) is 5.52 Å². The van der Waals surface area contributed by atoms with Crippen molar-refractivity contribution >= 4 is 16.9 Å². The summed E-state index contributed by atoms with van der Waals surface area (Å²) in [5.41, 5.74) is 0.605. The van der Waals surface area contributed by atoms with Crippen molar-refractivity contribution in [3.63, 3.8) is 0 Å². The Labute approximate surface area is 84.0 Å². The molecule has 0 bridgehead atoms. The summed E-state index contributed by atoms with van der Waals surface area (Å²) < 4.78 is 12.8. The molecule has 0 aliphatic rings. The molecule has 0 saturated carbocycles. The fourth-order valence-corrected chi connectivity index (χ4v) is 1.40. The topological polar surface area (TPSA) is 73.3 Å². The number of nitrogens with one attached hydrogen (secondary N) is 1. The third kappa shape index (κ3) is 1.69. The highest BCUT2D eigenvalue weighted by Crippen LogP contribution is 2.20. The van der Waals surface area contributed by atoms with E-state index in [1.807, 2.05) is 0 Å². The van der Waals surface area contributed by atoms with Gasteiger partial charge in [0.1, 0.15) is 5.82 Å². The van der Waals surface area contributed by atoms with E-state index >= 15 is 0 Å². The van der Waals surface area contributed by atoms with Crippen molar-refractivity contribution in [3.05, 3.63) is 35.8 Å². The van der Waals surface area contributed by atoms with E-state index in [0.29, 0.717) is 10.9 Å². The SMILES string of the molecule is O=C(O)C(O)c1cc2ccc(F)cc2[nH]1. The van der Waals surface area contributed by atoms with Gasteiger partial charge in [0.15, 0.2) is 6.10 Å². The second-order valence-corrected chi connectivity index (χ2v) is 3.20. The van der Waals surface area contributed by atoms with Gasteiger partial charge in [-0.05, 0) is 29.7 Å². The quantitative estimate of drug-likeness (QED) is 0.700. The summed E-state index contributed by atoms with van der Waals surface area (Å²) in [6.07, 6.45) is -1.61. The molecule has 1 heterocycles. The fraction of sp³-hybridized carbons (Fsp3) is 0.100. The molecule has 2 aromatic rings. The Morgan fingerprint density at radius 1 is 1.40 bits per heavy atom. The first-order valence-corrected chi connectivity index (χ1v) is 4.27. The van der Waals surface area contributed by atoms with Crippen LogP contribution in [0.25, 0.3) is 10.9 Å². The fourth-order valence-electron chi connectivity index (χ4n) is 1.40. The van der Waals surface area contributed by atoms with Gasteiger partial charge in [0.2, 0.25) is 0 Å². The lowest BCUT2D eigenvalue weighted by Gasteiger charge is -2.00. The van der Waals surface area contributed by atoms with E-state index in [1.165, 1.54) is 24.3 Å². The number of hydrogen-bond acceptors (Lipinski definition) is 2. The minimum absolute atomic E-state index is 0.142. The molecular formula is C10H8FNO3. The summed E-state index contributed by atoms with van der Waals surface area (Å²) in [6.45, 7) is 0. The summed E-state index contributed by atoms with van der Waals surface area (Å²) in [5.74, 6) is -1.76. The summed E-state index contributed by atoms with van der Waals surface area (Å²) in [4.78, 5) is 13.1. The second kappa shape index (κ2) is 3.36. The van der Waals surface area contributed by atoms with Gasteiger partial charge in [0.25, 0.3) is 0 Å². The molecule has 1 unspecified atom stereocenters. The van der Waals surface area contributed by atoms with Crippen LogP contribution in [0.1, 0.15) is 11.8 Å². The number of rotatable bonds is 2. The predicted molar refractivity (Wildman–Crippen MR) is 50.9 cm³/mol. The van der Waals surface area contributed by atoms with E-state index < -0.39 is 17.9 Å². The van der Waals surface area contributed by atoms with Crippen LogP contribution < -0.4 is 0 Å². The van der Waals surface area contributed by atoms with E-state index in [2.05, 4.69) is 4.98 Å². The Morgan fingerprint density at radius 2 is 2.13 bits per heavy atom. The Bertz CT molecular complexity index is 520. The number of aliphatic carboxylic acids is 1. The van der Waals surface area contributed by atoms with Crippen molar-refractivity contribution in [3.8, 4) is 0 Å². The number of halogens is 1. The number of hydrogen-bond donors (Lipinski definition) is 3. The van der Waals surface area contributed by atoms with Crippen LogP contribution in [0.3, 0.4) is 0 Å². The molecule has 0 saturated heterocycles. The predicted octanol–water partition coefficient (Wildman–Crippen LogP) is 1.42. The van der Waals surface area contributed by atoms with Crippen molar-refractivity contribution in [2.45, 2.75) is 6.10 Å². The highest BCUT2D eigenvalue weighted by atomic mass is 19.1. The van der Waals surface area contributed by atoms with E-state index in [1.54, 1.807) is 0 Å². The molecule has 0 aliphatic carbocycles. The molecule has 78 valence electrons. The normalized spacial score (nSPS) is 12.9. The summed E-state index contributed by atoms with van der Waals surface area (Å²) in [7, 11) is 0. The highest BCUT2D eigenvalue weighted by Gasteiger charge is 2.17.